The Balaban J connectivity index is 3.60. The summed E-state index contributed by atoms with van der Waals surface area (Å²) in [6, 6.07) is 0. The molecule has 0 aliphatic heterocycles. The van der Waals surface area contributed by atoms with Crippen LogP contribution in [-0.2, 0) is 0 Å². The maximum Gasteiger partial charge on any atom is -0.0192 e. The summed E-state index contributed by atoms with van der Waals surface area (Å²) in [5.41, 5.74) is 1.51. The van der Waals surface area contributed by atoms with Crippen LogP contribution in [0.4, 0.5) is 0 Å². The highest BCUT2D eigenvalue weighted by atomic mass is 14.7. The molecule has 0 radical (unpaired) electrons. The number of hydrogen-bond acceptors (Lipinski definition) is 0. The number of hydrogen-bond donors (Lipinski definition) is 0. The highest BCUT2D eigenvalue weighted by Crippen LogP contribution is 2.75. The molecule has 0 N–H and O–H groups in total. The van der Waals surface area contributed by atoms with Crippen molar-refractivity contribution in [2.75, 3.05) is 0 Å². The molecule has 126 valence electrons. The fourth-order valence-electron chi connectivity index (χ4n) is 6.86. The molecule has 0 aromatic rings. The zero-order chi connectivity index (χ0) is 16.9. The fourth-order valence-corrected chi connectivity index (χ4v) is 6.86. The van der Waals surface area contributed by atoms with Crippen molar-refractivity contribution >= 4 is 0 Å². The second-order valence-electron chi connectivity index (χ2n) is 9.68. The monoisotopic (exact) mass is 294 g/mol. The van der Waals surface area contributed by atoms with Crippen molar-refractivity contribution in [2.24, 2.45) is 39.4 Å². The molecule has 1 aliphatic carbocycles. The maximum absolute atomic E-state index is 2.63. The van der Waals surface area contributed by atoms with Gasteiger partial charge in [-0.2, -0.15) is 0 Å². The summed E-state index contributed by atoms with van der Waals surface area (Å²) in [6.45, 7) is 27.6. The van der Waals surface area contributed by atoms with Gasteiger partial charge in [-0.1, -0.05) is 95.4 Å². The molecule has 0 amide bonds. The van der Waals surface area contributed by atoms with E-state index in [0.29, 0.717) is 21.7 Å². The minimum Gasteiger partial charge on any atom is -0.0651 e. The van der Waals surface area contributed by atoms with Gasteiger partial charge in [0.15, 0.2) is 0 Å². The van der Waals surface area contributed by atoms with Gasteiger partial charge in [0, 0.05) is 0 Å². The molecular weight excluding hydrogens is 252 g/mol. The maximum atomic E-state index is 2.63. The van der Waals surface area contributed by atoms with Gasteiger partial charge in [-0.25, -0.2) is 0 Å². The highest BCUT2D eigenvalue weighted by molar-refractivity contribution is 5.17. The topological polar surface area (TPSA) is 0 Å². The predicted octanol–water partition coefficient (Wildman–Crippen LogP) is 7.18. The van der Waals surface area contributed by atoms with Crippen molar-refractivity contribution in [1.82, 2.24) is 0 Å². The standard InChI is InChI=1S/C21H42/c1-12-16(13-2)20(10)17(14-3)15(4)21(11,18(5,6)7)19(20,8)9/h15-17H,12-14H2,1-11H3. The van der Waals surface area contributed by atoms with E-state index in [1.807, 2.05) is 0 Å². The molecule has 0 bridgehead atoms. The normalized spacial score (nSPS) is 40.0. The van der Waals surface area contributed by atoms with Crippen LogP contribution in [-0.4, -0.2) is 0 Å². The summed E-state index contributed by atoms with van der Waals surface area (Å²) >= 11 is 0. The van der Waals surface area contributed by atoms with Gasteiger partial charge in [0.1, 0.15) is 0 Å². The summed E-state index contributed by atoms with van der Waals surface area (Å²) in [6.07, 6.45) is 3.96. The molecule has 0 aromatic carbocycles. The van der Waals surface area contributed by atoms with Crippen molar-refractivity contribution in [3.8, 4) is 0 Å². The fraction of sp³-hybridized carbons (Fsp3) is 1.00. The quantitative estimate of drug-likeness (QED) is 0.515. The summed E-state index contributed by atoms with van der Waals surface area (Å²) in [5.74, 6) is 2.45. The van der Waals surface area contributed by atoms with E-state index in [4.69, 9.17) is 0 Å². The lowest BCUT2D eigenvalue weighted by Crippen LogP contribution is -2.51. The van der Waals surface area contributed by atoms with Gasteiger partial charge in [0.2, 0.25) is 0 Å². The first kappa shape index (κ1) is 19.0. The van der Waals surface area contributed by atoms with Gasteiger partial charge in [-0.3, -0.25) is 0 Å². The average molecular weight is 295 g/mol. The minimum atomic E-state index is 0.340. The van der Waals surface area contributed by atoms with Crippen molar-refractivity contribution in [1.29, 1.82) is 0 Å². The molecule has 1 rings (SSSR count). The van der Waals surface area contributed by atoms with Crippen LogP contribution in [0.3, 0.4) is 0 Å². The molecule has 4 unspecified atom stereocenters. The average Bonchev–Trinajstić information content (AvgIpc) is 2.48. The number of rotatable bonds is 4. The van der Waals surface area contributed by atoms with Gasteiger partial charge in [0.25, 0.3) is 0 Å². The predicted molar refractivity (Wildman–Crippen MR) is 96.5 cm³/mol. The van der Waals surface area contributed by atoms with Crippen LogP contribution in [0.25, 0.3) is 0 Å². The SMILES string of the molecule is CCC(CC)C1(C)C(CC)C(C)C(C)(C(C)(C)C)C1(C)C. The second-order valence-corrected chi connectivity index (χ2v) is 9.68. The van der Waals surface area contributed by atoms with Crippen LogP contribution < -0.4 is 0 Å². The summed E-state index contributed by atoms with van der Waals surface area (Å²) < 4.78 is 0. The third-order valence-corrected chi connectivity index (χ3v) is 8.76. The first-order valence-electron chi connectivity index (χ1n) is 9.37. The molecule has 1 aliphatic rings. The first-order valence-corrected chi connectivity index (χ1v) is 9.37. The lowest BCUT2D eigenvalue weighted by molar-refractivity contribution is -0.0905. The molecule has 0 heteroatoms. The van der Waals surface area contributed by atoms with E-state index in [2.05, 4.69) is 76.2 Å². The molecule has 0 heterocycles. The lowest BCUT2D eigenvalue weighted by Gasteiger charge is -2.57. The van der Waals surface area contributed by atoms with E-state index < -0.39 is 0 Å². The third-order valence-electron chi connectivity index (χ3n) is 8.76. The first-order chi connectivity index (χ1) is 9.37. The van der Waals surface area contributed by atoms with Crippen LogP contribution in [0, 0.1) is 39.4 Å². The Hall–Kier alpha value is 0. The zero-order valence-corrected chi connectivity index (χ0v) is 16.9. The molecule has 0 aromatic heterocycles. The van der Waals surface area contributed by atoms with E-state index in [-0.39, 0.29) is 0 Å². The van der Waals surface area contributed by atoms with E-state index in [0.717, 1.165) is 17.8 Å². The third kappa shape index (κ3) is 2.14. The molecule has 0 spiro atoms. The van der Waals surface area contributed by atoms with Crippen LogP contribution in [0.15, 0.2) is 0 Å². The molecule has 0 saturated heterocycles. The molecule has 1 saturated carbocycles. The minimum absolute atomic E-state index is 0.340. The highest BCUT2D eigenvalue weighted by Gasteiger charge is 2.70. The van der Waals surface area contributed by atoms with Gasteiger partial charge < -0.3 is 0 Å². The smallest absolute Gasteiger partial charge is 0.0192 e. The van der Waals surface area contributed by atoms with Gasteiger partial charge in [0.05, 0.1) is 0 Å². The van der Waals surface area contributed by atoms with E-state index in [1.165, 1.54) is 19.3 Å². The molecule has 4 atom stereocenters. The Bertz CT molecular complexity index is 355. The van der Waals surface area contributed by atoms with Crippen LogP contribution in [0.5, 0.6) is 0 Å². The van der Waals surface area contributed by atoms with Gasteiger partial charge in [-0.05, 0) is 39.4 Å². The van der Waals surface area contributed by atoms with Crippen molar-refractivity contribution < 1.29 is 0 Å². The lowest BCUT2D eigenvalue weighted by atomic mass is 9.47. The van der Waals surface area contributed by atoms with Crippen LogP contribution in [0.2, 0.25) is 0 Å². The summed E-state index contributed by atoms with van der Waals surface area (Å²) in [4.78, 5) is 0. The van der Waals surface area contributed by atoms with Crippen LogP contribution >= 0.6 is 0 Å². The van der Waals surface area contributed by atoms with E-state index >= 15 is 0 Å². The largest absolute Gasteiger partial charge is 0.0651 e. The van der Waals surface area contributed by atoms with Gasteiger partial charge in [-0.15, -0.1) is 0 Å². The van der Waals surface area contributed by atoms with E-state index in [9.17, 15) is 0 Å². The summed E-state index contributed by atoms with van der Waals surface area (Å²) in [5, 5.41) is 0. The summed E-state index contributed by atoms with van der Waals surface area (Å²) in [7, 11) is 0. The Morgan fingerprint density at radius 1 is 0.905 bits per heavy atom. The van der Waals surface area contributed by atoms with Gasteiger partial charge >= 0.3 is 0 Å². The van der Waals surface area contributed by atoms with Crippen molar-refractivity contribution in [3.63, 3.8) is 0 Å². The van der Waals surface area contributed by atoms with E-state index in [1.54, 1.807) is 0 Å². The Labute approximate surface area is 135 Å². The molecular formula is C21H42. The Kier molecular flexibility index (Phi) is 5.05. The van der Waals surface area contributed by atoms with Crippen LogP contribution in [0.1, 0.15) is 95.4 Å². The van der Waals surface area contributed by atoms with Crippen molar-refractivity contribution in [2.45, 2.75) is 95.4 Å². The second kappa shape index (κ2) is 5.57. The Morgan fingerprint density at radius 2 is 1.33 bits per heavy atom. The molecule has 1 fully saturated rings. The molecule has 21 heavy (non-hydrogen) atoms. The van der Waals surface area contributed by atoms with Crippen molar-refractivity contribution in [3.05, 3.63) is 0 Å². The zero-order valence-electron chi connectivity index (χ0n) is 16.9. The molecule has 0 nitrogen and oxygen atoms in total. The Morgan fingerprint density at radius 3 is 1.62 bits per heavy atom.